The molecule has 4 nitrogen and oxygen atoms in total. The number of sulfone groups is 1. The Morgan fingerprint density at radius 2 is 2.14 bits per heavy atom. The summed E-state index contributed by atoms with van der Waals surface area (Å²) in [5.41, 5.74) is 0.829. The molecule has 0 aromatic heterocycles. The summed E-state index contributed by atoms with van der Waals surface area (Å²) in [4.78, 5) is 0.113. The number of nitrogens with zero attached hydrogens (tertiary/aromatic N) is 1. The van der Waals surface area contributed by atoms with Crippen molar-refractivity contribution in [2.24, 2.45) is 0 Å². The van der Waals surface area contributed by atoms with Crippen molar-refractivity contribution < 1.29 is 8.42 Å². The Bertz CT molecular complexity index is 567. The van der Waals surface area contributed by atoms with Crippen LogP contribution in [0.1, 0.15) is 11.1 Å². The lowest BCUT2D eigenvalue weighted by atomic mass is 10.1. The number of benzene rings is 1. The molecule has 1 heterocycles. The van der Waals surface area contributed by atoms with E-state index in [0.29, 0.717) is 11.1 Å². The molecule has 2 rings (SSSR count). The molecule has 0 amide bonds. The molecule has 1 aromatic carbocycles. The molecular formula is C9H6N2O2S. The second kappa shape index (κ2) is 2.66. The molecule has 14 heavy (non-hydrogen) atoms. The minimum Gasteiger partial charge on any atom is -0.304 e. The second-order valence-corrected chi connectivity index (χ2v) is 5.02. The Morgan fingerprint density at radius 3 is 2.79 bits per heavy atom. The molecule has 1 aliphatic rings. The molecule has 0 saturated heterocycles. The third kappa shape index (κ3) is 1.12. The third-order valence-electron chi connectivity index (χ3n) is 2.11. The molecule has 0 unspecified atom stereocenters. The van der Waals surface area contributed by atoms with Gasteiger partial charge in [-0.3, -0.25) is 0 Å². The van der Waals surface area contributed by atoms with Crippen molar-refractivity contribution in [3.63, 3.8) is 0 Å². The minimum atomic E-state index is -3.36. The van der Waals surface area contributed by atoms with Crippen LogP contribution >= 0.6 is 0 Å². The highest BCUT2D eigenvalue weighted by Gasteiger charge is 2.30. The van der Waals surface area contributed by atoms with Crippen LogP contribution in [0.3, 0.4) is 0 Å². The average molecular weight is 206 g/mol. The van der Waals surface area contributed by atoms with Crippen LogP contribution in [-0.4, -0.2) is 19.9 Å². The van der Waals surface area contributed by atoms with Crippen LogP contribution in [0.4, 0.5) is 0 Å². The average Bonchev–Trinajstić information content (AvgIpc) is 2.37. The standard InChI is InChI=1S/C9H6N2O2S/c10-4-6-1-2-7-8(11)5-14(12,13)9(7)3-6/h1-3,11H,5H2. The van der Waals surface area contributed by atoms with E-state index in [1.807, 2.05) is 6.07 Å². The van der Waals surface area contributed by atoms with Crippen LogP contribution in [-0.2, 0) is 9.84 Å². The lowest BCUT2D eigenvalue weighted by Crippen LogP contribution is -2.03. The predicted octanol–water partition coefficient (Wildman–Crippen LogP) is 0.713. The number of hydrogen-bond acceptors (Lipinski definition) is 4. The van der Waals surface area contributed by atoms with Gasteiger partial charge in [0, 0.05) is 5.56 Å². The first-order valence-electron chi connectivity index (χ1n) is 3.89. The van der Waals surface area contributed by atoms with Crippen molar-refractivity contribution in [2.45, 2.75) is 4.90 Å². The fourth-order valence-corrected chi connectivity index (χ4v) is 2.97. The monoisotopic (exact) mass is 206 g/mol. The van der Waals surface area contributed by atoms with Gasteiger partial charge in [-0.1, -0.05) is 6.07 Å². The zero-order valence-corrected chi connectivity index (χ0v) is 7.93. The molecule has 1 aromatic rings. The Labute approximate surface area is 81.2 Å². The topological polar surface area (TPSA) is 81.8 Å². The van der Waals surface area contributed by atoms with Gasteiger partial charge in [0.2, 0.25) is 0 Å². The largest absolute Gasteiger partial charge is 0.304 e. The van der Waals surface area contributed by atoms with Crippen molar-refractivity contribution in [3.8, 4) is 6.07 Å². The second-order valence-electron chi connectivity index (χ2n) is 3.06. The van der Waals surface area contributed by atoms with Gasteiger partial charge in [0.05, 0.1) is 28.0 Å². The fourth-order valence-electron chi connectivity index (χ4n) is 1.44. The lowest BCUT2D eigenvalue weighted by Gasteiger charge is -1.96. The van der Waals surface area contributed by atoms with Gasteiger partial charge in [-0.05, 0) is 12.1 Å². The first kappa shape index (κ1) is 8.91. The molecule has 0 aliphatic carbocycles. The van der Waals surface area contributed by atoms with E-state index >= 15 is 0 Å². The van der Waals surface area contributed by atoms with E-state index in [-0.39, 0.29) is 16.4 Å². The number of fused-ring (bicyclic) bond motifs is 1. The summed E-state index contributed by atoms with van der Waals surface area (Å²) < 4.78 is 23.0. The Kier molecular flexibility index (Phi) is 1.69. The van der Waals surface area contributed by atoms with Gasteiger partial charge in [0.1, 0.15) is 0 Å². The van der Waals surface area contributed by atoms with Crippen LogP contribution in [0.15, 0.2) is 23.1 Å². The van der Waals surface area contributed by atoms with Crippen molar-refractivity contribution in [3.05, 3.63) is 29.3 Å². The van der Waals surface area contributed by atoms with E-state index in [9.17, 15) is 8.42 Å². The van der Waals surface area contributed by atoms with E-state index in [2.05, 4.69) is 0 Å². The van der Waals surface area contributed by atoms with Crippen molar-refractivity contribution >= 4 is 15.5 Å². The molecule has 0 bridgehead atoms. The first-order valence-corrected chi connectivity index (χ1v) is 5.54. The number of hydrogen-bond donors (Lipinski definition) is 1. The van der Waals surface area contributed by atoms with Gasteiger partial charge in [-0.2, -0.15) is 5.26 Å². The lowest BCUT2D eigenvalue weighted by molar-refractivity contribution is 0.601. The Balaban J connectivity index is 2.79. The third-order valence-corrected chi connectivity index (χ3v) is 3.78. The van der Waals surface area contributed by atoms with Crippen LogP contribution in [0.25, 0.3) is 0 Å². The van der Waals surface area contributed by atoms with E-state index < -0.39 is 9.84 Å². The van der Waals surface area contributed by atoms with Crippen LogP contribution in [0.5, 0.6) is 0 Å². The summed E-state index contributed by atoms with van der Waals surface area (Å²) >= 11 is 0. The minimum absolute atomic E-state index is 0.101. The summed E-state index contributed by atoms with van der Waals surface area (Å²) in [7, 11) is -3.36. The molecule has 0 spiro atoms. The zero-order valence-electron chi connectivity index (χ0n) is 7.11. The Morgan fingerprint density at radius 1 is 1.43 bits per heavy atom. The van der Waals surface area contributed by atoms with E-state index in [1.165, 1.54) is 18.2 Å². The predicted molar refractivity (Wildman–Crippen MR) is 50.0 cm³/mol. The summed E-state index contributed by atoms with van der Waals surface area (Å²) in [6.07, 6.45) is 0. The van der Waals surface area contributed by atoms with Gasteiger partial charge in [0.25, 0.3) is 0 Å². The molecular weight excluding hydrogens is 200 g/mol. The maximum atomic E-state index is 11.5. The molecule has 0 fully saturated rings. The van der Waals surface area contributed by atoms with E-state index in [4.69, 9.17) is 10.7 Å². The molecule has 0 atom stereocenters. The summed E-state index contributed by atoms with van der Waals surface area (Å²) in [5, 5.41) is 16.1. The molecule has 1 N–H and O–H groups in total. The van der Waals surface area contributed by atoms with Crippen molar-refractivity contribution in [2.75, 3.05) is 5.75 Å². The number of nitrogens with one attached hydrogen (secondary N) is 1. The van der Waals surface area contributed by atoms with Gasteiger partial charge in [-0.15, -0.1) is 0 Å². The molecule has 0 radical (unpaired) electrons. The van der Waals surface area contributed by atoms with Crippen LogP contribution in [0.2, 0.25) is 0 Å². The number of nitriles is 1. The molecule has 0 saturated carbocycles. The van der Waals surface area contributed by atoms with Crippen LogP contribution in [0, 0.1) is 16.7 Å². The quantitative estimate of drug-likeness (QED) is 0.678. The highest BCUT2D eigenvalue weighted by atomic mass is 32.2. The summed E-state index contributed by atoms with van der Waals surface area (Å²) in [5.74, 6) is -0.253. The highest BCUT2D eigenvalue weighted by molar-refractivity contribution is 7.92. The van der Waals surface area contributed by atoms with Crippen molar-refractivity contribution in [1.82, 2.24) is 0 Å². The highest BCUT2D eigenvalue weighted by Crippen LogP contribution is 2.26. The van der Waals surface area contributed by atoms with E-state index in [1.54, 1.807) is 0 Å². The zero-order chi connectivity index (χ0) is 10.3. The first-order chi connectivity index (χ1) is 6.54. The summed E-state index contributed by atoms with van der Waals surface area (Å²) in [6, 6.07) is 6.24. The van der Waals surface area contributed by atoms with Gasteiger partial charge >= 0.3 is 0 Å². The number of rotatable bonds is 0. The Hall–Kier alpha value is -1.67. The summed E-state index contributed by atoms with van der Waals surface area (Å²) in [6.45, 7) is 0. The normalized spacial score (nSPS) is 17.5. The molecule has 1 aliphatic heterocycles. The fraction of sp³-hybridized carbons (Fsp3) is 0.111. The van der Waals surface area contributed by atoms with Crippen LogP contribution < -0.4 is 0 Å². The maximum absolute atomic E-state index is 11.5. The SMILES string of the molecule is N#Cc1ccc2c(c1)S(=O)(=O)CC2=N. The van der Waals surface area contributed by atoms with Gasteiger partial charge in [0.15, 0.2) is 9.84 Å². The van der Waals surface area contributed by atoms with Crippen molar-refractivity contribution in [1.29, 1.82) is 10.7 Å². The van der Waals surface area contributed by atoms with Gasteiger partial charge in [-0.25, -0.2) is 8.42 Å². The molecule has 5 heteroatoms. The van der Waals surface area contributed by atoms with E-state index in [0.717, 1.165) is 0 Å². The smallest absolute Gasteiger partial charge is 0.184 e. The van der Waals surface area contributed by atoms with Gasteiger partial charge < -0.3 is 5.41 Å². The maximum Gasteiger partial charge on any atom is 0.184 e. The molecule has 70 valence electrons.